The number of hydrogen-bond acceptors (Lipinski definition) is 2. The molecule has 0 spiro atoms. The van der Waals surface area contributed by atoms with Gasteiger partial charge in [0, 0.05) is 5.57 Å². The second-order valence-corrected chi connectivity index (χ2v) is 2.78. The van der Waals surface area contributed by atoms with Crippen LogP contribution in [0, 0.1) is 0 Å². The van der Waals surface area contributed by atoms with Crippen LogP contribution in [0.4, 0.5) is 0 Å². The Balaban J connectivity index is 2.89. The van der Waals surface area contributed by atoms with Crippen molar-refractivity contribution in [3.8, 4) is 0 Å². The topological polar surface area (TPSA) is 37.3 Å². The monoisotopic (exact) mass is 172 g/mol. The van der Waals surface area contributed by atoms with Gasteiger partial charge in [0.1, 0.15) is 0 Å². The van der Waals surface area contributed by atoms with E-state index in [2.05, 4.69) is 0 Å². The van der Waals surface area contributed by atoms with Gasteiger partial charge in [-0.05, 0) is 36.4 Å². The summed E-state index contributed by atoms with van der Waals surface area (Å²) in [6.45, 7) is 0. The minimum Gasteiger partial charge on any atom is -0.515 e. The summed E-state index contributed by atoms with van der Waals surface area (Å²) in [7, 11) is 0. The van der Waals surface area contributed by atoms with E-state index in [1.54, 1.807) is 6.08 Å². The van der Waals surface area contributed by atoms with Crippen molar-refractivity contribution in [2.45, 2.75) is 19.3 Å². The van der Waals surface area contributed by atoms with Crippen LogP contribution in [0.1, 0.15) is 19.3 Å². The van der Waals surface area contributed by atoms with Crippen molar-refractivity contribution in [1.29, 1.82) is 0 Å². The summed E-state index contributed by atoms with van der Waals surface area (Å²) in [5.74, 6) is 0. The largest absolute Gasteiger partial charge is 0.515 e. The average molecular weight is 173 g/mol. The zero-order chi connectivity index (χ0) is 8.27. The summed E-state index contributed by atoms with van der Waals surface area (Å²) in [5, 5.41) is 8.22. The van der Waals surface area contributed by atoms with Crippen molar-refractivity contribution in [2.24, 2.45) is 0 Å². The lowest BCUT2D eigenvalue weighted by Gasteiger charge is -2.11. The zero-order valence-electron chi connectivity index (χ0n) is 6.01. The first-order valence-electron chi connectivity index (χ1n) is 3.49. The number of rotatable bonds is 1. The molecule has 0 aromatic heterocycles. The normalized spacial score (nSPS) is 21.5. The molecule has 0 heterocycles. The fourth-order valence-corrected chi connectivity index (χ4v) is 1.34. The Morgan fingerprint density at radius 3 is 2.91 bits per heavy atom. The first-order chi connectivity index (χ1) is 5.25. The number of hydrogen-bond donors (Lipinski definition) is 1. The summed E-state index contributed by atoms with van der Waals surface area (Å²) in [6, 6.07) is 0. The van der Waals surface area contributed by atoms with E-state index in [4.69, 9.17) is 16.7 Å². The Morgan fingerprint density at radius 2 is 2.45 bits per heavy atom. The van der Waals surface area contributed by atoms with Gasteiger partial charge in [-0.3, -0.25) is 4.79 Å². The number of allylic oxidation sites excluding steroid dienone is 3. The van der Waals surface area contributed by atoms with Gasteiger partial charge in [-0.25, -0.2) is 0 Å². The summed E-state index contributed by atoms with van der Waals surface area (Å²) < 4.78 is 0. The SMILES string of the molecule is O=C(Cl)C1=CCCCC1=CO. The van der Waals surface area contributed by atoms with Crippen molar-refractivity contribution in [1.82, 2.24) is 0 Å². The lowest BCUT2D eigenvalue weighted by molar-refractivity contribution is -0.108. The molecule has 1 aliphatic rings. The first kappa shape index (κ1) is 8.34. The Morgan fingerprint density at radius 1 is 1.73 bits per heavy atom. The number of aliphatic hydroxyl groups excluding tert-OH is 1. The molecule has 0 aromatic rings. The fraction of sp³-hybridized carbons (Fsp3) is 0.375. The number of carbonyl (C=O) groups excluding carboxylic acids is 1. The van der Waals surface area contributed by atoms with Crippen molar-refractivity contribution in [3.63, 3.8) is 0 Å². The Labute approximate surface area is 70.2 Å². The highest BCUT2D eigenvalue weighted by molar-refractivity contribution is 6.68. The molecular formula is C8H9ClO2. The number of carbonyl (C=O) groups is 1. The van der Waals surface area contributed by atoms with E-state index < -0.39 is 5.24 Å². The molecule has 0 unspecified atom stereocenters. The van der Waals surface area contributed by atoms with E-state index in [-0.39, 0.29) is 0 Å². The maximum atomic E-state index is 10.7. The molecule has 0 atom stereocenters. The van der Waals surface area contributed by atoms with Gasteiger partial charge < -0.3 is 5.11 Å². The van der Waals surface area contributed by atoms with Gasteiger partial charge >= 0.3 is 0 Å². The lowest BCUT2D eigenvalue weighted by atomic mass is 9.95. The first-order valence-corrected chi connectivity index (χ1v) is 3.87. The molecule has 0 aromatic carbocycles. The molecule has 60 valence electrons. The van der Waals surface area contributed by atoms with E-state index >= 15 is 0 Å². The summed E-state index contributed by atoms with van der Waals surface area (Å²) in [5.41, 5.74) is 1.11. The van der Waals surface area contributed by atoms with E-state index in [1.165, 1.54) is 0 Å². The van der Waals surface area contributed by atoms with Gasteiger partial charge in [-0.1, -0.05) is 6.08 Å². The third kappa shape index (κ3) is 1.84. The van der Waals surface area contributed by atoms with Crippen LogP contribution in [0.3, 0.4) is 0 Å². The molecule has 0 saturated heterocycles. The molecule has 0 saturated carbocycles. The number of aliphatic hydroxyl groups is 1. The van der Waals surface area contributed by atoms with Gasteiger partial charge in [-0.2, -0.15) is 0 Å². The number of halogens is 1. The van der Waals surface area contributed by atoms with E-state index in [9.17, 15) is 4.79 Å². The van der Waals surface area contributed by atoms with Crippen LogP contribution in [0.5, 0.6) is 0 Å². The molecule has 1 rings (SSSR count). The summed E-state index contributed by atoms with van der Waals surface area (Å²) >= 11 is 5.27. The fourth-order valence-electron chi connectivity index (χ4n) is 1.15. The van der Waals surface area contributed by atoms with Crippen LogP contribution >= 0.6 is 11.6 Å². The van der Waals surface area contributed by atoms with E-state index in [1.807, 2.05) is 0 Å². The highest BCUT2D eigenvalue weighted by atomic mass is 35.5. The molecule has 0 amide bonds. The van der Waals surface area contributed by atoms with Crippen molar-refractivity contribution in [2.75, 3.05) is 0 Å². The van der Waals surface area contributed by atoms with Crippen LogP contribution in [0.15, 0.2) is 23.5 Å². The highest BCUT2D eigenvalue weighted by Gasteiger charge is 2.15. The predicted molar refractivity (Wildman–Crippen MR) is 43.5 cm³/mol. The van der Waals surface area contributed by atoms with Crippen LogP contribution in [-0.4, -0.2) is 10.3 Å². The van der Waals surface area contributed by atoms with Crippen molar-refractivity contribution in [3.05, 3.63) is 23.5 Å². The molecule has 1 N–H and O–H groups in total. The smallest absolute Gasteiger partial charge is 0.252 e. The third-order valence-electron chi connectivity index (χ3n) is 1.71. The van der Waals surface area contributed by atoms with Crippen LogP contribution in [0.25, 0.3) is 0 Å². The molecule has 3 heteroatoms. The molecule has 2 nitrogen and oxygen atoms in total. The summed E-state index contributed by atoms with van der Waals surface area (Å²) in [6.07, 6.45) is 5.30. The van der Waals surface area contributed by atoms with Gasteiger partial charge in [0.25, 0.3) is 5.24 Å². The molecule has 11 heavy (non-hydrogen) atoms. The van der Waals surface area contributed by atoms with Crippen LogP contribution < -0.4 is 0 Å². The Bertz CT molecular complexity index is 228. The molecule has 0 bridgehead atoms. The quantitative estimate of drug-likeness (QED) is 0.487. The maximum Gasteiger partial charge on any atom is 0.252 e. The zero-order valence-corrected chi connectivity index (χ0v) is 6.77. The summed E-state index contributed by atoms with van der Waals surface area (Å²) in [4.78, 5) is 10.7. The van der Waals surface area contributed by atoms with Crippen LogP contribution in [0.2, 0.25) is 0 Å². The van der Waals surface area contributed by atoms with Gasteiger partial charge in [0.2, 0.25) is 0 Å². The van der Waals surface area contributed by atoms with Gasteiger partial charge in [0.15, 0.2) is 0 Å². The Kier molecular flexibility index (Phi) is 2.71. The molecule has 0 fully saturated rings. The third-order valence-corrected chi connectivity index (χ3v) is 1.92. The second kappa shape index (κ2) is 3.58. The van der Waals surface area contributed by atoms with Crippen molar-refractivity contribution < 1.29 is 9.90 Å². The lowest BCUT2D eigenvalue weighted by Crippen LogP contribution is -2.02. The van der Waals surface area contributed by atoms with Gasteiger partial charge in [0.05, 0.1) is 6.26 Å². The van der Waals surface area contributed by atoms with E-state index in [0.717, 1.165) is 25.5 Å². The molecule has 1 aliphatic carbocycles. The van der Waals surface area contributed by atoms with E-state index in [0.29, 0.717) is 11.1 Å². The Hall–Kier alpha value is -0.760. The average Bonchev–Trinajstić information content (AvgIpc) is 2.04. The van der Waals surface area contributed by atoms with Crippen molar-refractivity contribution >= 4 is 16.8 Å². The highest BCUT2D eigenvalue weighted by Crippen LogP contribution is 2.24. The second-order valence-electron chi connectivity index (χ2n) is 2.44. The molecule has 0 radical (unpaired) electrons. The standard InChI is InChI=1S/C8H9ClO2/c9-8(11)7-4-2-1-3-6(7)5-10/h4-5,10H,1-3H2. The maximum absolute atomic E-state index is 10.7. The minimum absolute atomic E-state index is 0.459. The van der Waals surface area contributed by atoms with Gasteiger partial charge in [-0.15, -0.1) is 0 Å². The minimum atomic E-state index is -0.481. The molecule has 0 aliphatic heterocycles. The molecular weight excluding hydrogens is 164 g/mol. The predicted octanol–water partition coefficient (Wildman–Crippen LogP) is 2.30. The van der Waals surface area contributed by atoms with Crippen LogP contribution in [-0.2, 0) is 4.79 Å².